The van der Waals surface area contributed by atoms with E-state index in [1.54, 1.807) is 0 Å². The fraction of sp³-hybridized carbons (Fsp3) is 0.875. The summed E-state index contributed by atoms with van der Waals surface area (Å²) < 4.78 is 36.6. The van der Waals surface area contributed by atoms with Gasteiger partial charge in [0.15, 0.2) is 0 Å². The number of hydrogen-bond acceptors (Lipinski definition) is 5. The van der Waals surface area contributed by atoms with Gasteiger partial charge in [-0.25, -0.2) is 4.79 Å². The molecular weight excluding hydrogens is 352 g/mol. The van der Waals surface area contributed by atoms with Gasteiger partial charge in [-0.15, -0.1) is 0 Å². The molecule has 0 aliphatic rings. The van der Waals surface area contributed by atoms with E-state index in [-0.39, 0.29) is 6.61 Å². The molecule has 0 spiro atoms. The van der Waals surface area contributed by atoms with Crippen LogP contribution in [0.2, 0.25) is 0 Å². The molecule has 0 aromatic carbocycles. The van der Waals surface area contributed by atoms with E-state index in [0.29, 0.717) is 12.8 Å². The third-order valence-electron chi connectivity index (χ3n) is 3.96. The lowest BCUT2D eigenvalue weighted by atomic mass is 10.1. The number of aliphatic carboxylic acids is 2. The minimum Gasteiger partial charge on any atom is -0.481 e. The molecule has 0 heterocycles. The second-order valence-corrected chi connectivity index (χ2v) is 7.74. The van der Waals surface area contributed by atoms with Crippen molar-refractivity contribution in [3.05, 3.63) is 0 Å². The van der Waals surface area contributed by atoms with Crippen molar-refractivity contribution in [3.63, 3.8) is 0 Å². The minimum atomic E-state index is -5.24. The molecule has 0 aromatic heterocycles. The molecule has 0 saturated heterocycles. The van der Waals surface area contributed by atoms with Crippen LogP contribution >= 0.6 is 0 Å². The highest BCUT2D eigenvalue weighted by molar-refractivity contribution is 7.88. The molecule has 1 atom stereocenters. The molecule has 0 amide bonds. The van der Waals surface area contributed by atoms with Crippen LogP contribution < -0.4 is 0 Å². The maximum Gasteiger partial charge on any atom is 0.355 e. The van der Waals surface area contributed by atoms with Gasteiger partial charge in [0.1, 0.15) is 6.42 Å². The topological polar surface area (TPSA) is 138 Å². The average Bonchev–Trinajstić information content (AvgIpc) is 2.49. The van der Waals surface area contributed by atoms with E-state index in [1.807, 2.05) is 0 Å². The zero-order valence-electron chi connectivity index (χ0n) is 14.8. The quantitative estimate of drug-likeness (QED) is 0.273. The second kappa shape index (κ2) is 12.2. The van der Waals surface area contributed by atoms with E-state index < -0.39 is 33.4 Å². The Bertz CT molecular complexity index is 502. The molecule has 0 fully saturated rings. The Hall–Kier alpha value is -1.19. The van der Waals surface area contributed by atoms with Gasteiger partial charge in [0, 0.05) is 6.61 Å². The number of unbranched alkanes of at least 4 members (excludes halogenated alkanes) is 9. The molecule has 148 valence electrons. The van der Waals surface area contributed by atoms with E-state index in [2.05, 4.69) is 6.92 Å². The Kier molecular flexibility index (Phi) is 11.6. The highest BCUT2D eigenvalue weighted by atomic mass is 32.2. The molecule has 0 aromatic rings. The maximum atomic E-state index is 11.3. The second-order valence-electron chi connectivity index (χ2n) is 6.13. The first-order valence-corrected chi connectivity index (χ1v) is 10.2. The number of hydrogen-bond donors (Lipinski definition) is 3. The number of carboxylic acid groups (broad SMARTS) is 2. The Morgan fingerprint density at radius 2 is 1.32 bits per heavy atom. The van der Waals surface area contributed by atoms with Gasteiger partial charge in [0.2, 0.25) is 0 Å². The Morgan fingerprint density at radius 3 is 1.68 bits per heavy atom. The van der Waals surface area contributed by atoms with Crippen LogP contribution in [0.4, 0.5) is 0 Å². The molecule has 1 unspecified atom stereocenters. The SMILES string of the molecule is CCCCCCCCCCCCOC(CC(=O)O)(C(=O)O)S(=O)(=O)O. The van der Waals surface area contributed by atoms with Crippen molar-refractivity contribution in [2.24, 2.45) is 0 Å². The maximum absolute atomic E-state index is 11.3. The molecule has 0 aliphatic heterocycles. The predicted molar refractivity (Wildman–Crippen MR) is 92.0 cm³/mol. The summed E-state index contributed by atoms with van der Waals surface area (Å²) in [5.74, 6) is -3.73. The summed E-state index contributed by atoms with van der Waals surface area (Å²) in [5, 5.41) is 17.8. The van der Waals surface area contributed by atoms with Crippen molar-refractivity contribution >= 4 is 22.1 Å². The van der Waals surface area contributed by atoms with Gasteiger partial charge < -0.3 is 14.9 Å². The first-order chi connectivity index (χ1) is 11.7. The van der Waals surface area contributed by atoms with Gasteiger partial charge in [0.05, 0.1) is 0 Å². The fourth-order valence-electron chi connectivity index (χ4n) is 2.49. The number of carbonyl (C=O) groups is 2. The minimum absolute atomic E-state index is 0.254. The standard InChI is InChI=1S/C16H30O8S/c1-2-3-4-5-6-7-8-9-10-11-12-24-16(15(19)20,13-14(17)18)25(21,22)23/h2-13H2,1H3,(H,17,18)(H,19,20)(H,21,22,23). The van der Waals surface area contributed by atoms with Gasteiger partial charge in [-0.3, -0.25) is 9.35 Å². The summed E-state index contributed by atoms with van der Waals surface area (Å²) in [5.41, 5.74) is 0. The Labute approximate surface area is 149 Å². The lowest BCUT2D eigenvalue weighted by Crippen LogP contribution is -2.50. The lowest BCUT2D eigenvalue weighted by molar-refractivity contribution is -0.162. The number of rotatable bonds is 16. The zero-order chi connectivity index (χ0) is 19.3. The predicted octanol–water partition coefficient (Wildman–Crippen LogP) is 3.07. The Morgan fingerprint density at radius 1 is 0.880 bits per heavy atom. The summed E-state index contributed by atoms with van der Waals surface area (Å²) in [6.45, 7) is 1.91. The highest BCUT2D eigenvalue weighted by Crippen LogP contribution is 2.24. The van der Waals surface area contributed by atoms with Crippen LogP contribution in [0.3, 0.4) is 0 Å². The molecular formula is C16H30O8S. The molecule has 8 nitrogen and oxygen atoms in total. The van der Waals surface area contributed by atoms with Crippen LogP contribution in [-0.2, 0) is 24.4 Å². The van der Waals surface area contributed by atoms with Crippen molar-refractivity contribution in [3.8, 4) is 0 Å². The van der Waals surface area contributed by atoms with Crippen LogP contribution in [0, 0.1) is 0 Å². The van der Waals surface area contributed by atoms with Crippen LogP contribution in [0.5, 0.6) is 0 Å². The van der Waals surface area contributed by atoms with Gasteiger partial charge in [-0.2, -0.15) is 8.42 Å². The molecule has 0 radical (unpaired) electrons. The highest BCUT2D eigenvalue weighted by Gasteiger charge is 2.54. The largest absolute Gasteiger partial charge is 0.481 e. The first kappa shape index (κ1) is 23.8. The van der Waals surface area contributed by atoms with E-state index in [1.165, 1.54) is 32.1 Å². The lowest BCUT2D eigenvalue weighted by Gasteiger charge is -2.24. The first-order valence-electron chi connectivity index (χ1n) is 8.73. The number of ether oxygens (including phenoxy) is 1. The van der Waals surface area contributed by atoms with Crippen LogP contribution in [0.1, 0.15) is 77.6 Å². The molecule has 0 bridgehead atoms. The van der Waals surface area contributed by atoms with Gasteiger partial charge in [-0.05, 0) is 6.42 Å². The van der Waals surface area contributed by atoms with Crippen molar-refractivity contribution in [1.82, 2.24) is 0 Å². The monoisotopic (exact) mass is 382 g/mol. The normalized spacial score (nSPS) is 14.2. The van der Waals surface area contributed by atoms with E-state index >= 15 is 0 Å². The van der Waals surface area contributed by atoms with Crippen molar-refractivity contribution in [2.75, 3.05) is 6.61 Å². The van der Waals surface area contributed by atoms with Crippen molar-refractivity contribution < 1.29 is 37.5 Å². The molecule has 9 heteroatoms. The molecule has 0 rings (SSSR count). The molecule has 0 saturated carbocycles. The fourth-order valence-corrected chi connectivity index (χ4v) is 3.25. The van der Waals surface area contributed by atoms with E-state index in [0.717, 1.165) is 19.3 Å². The van der Waals surface area contributed by atoms with E-state index in [4.69, 9.17) is 19.5 Å². The Balaban J connectivity index is 4.16. The average molecular weight is 382 g/mol. The molecule has 3 N–H and O–H groups in total. The summed E-state index contributed by atoms with van der Waals surface area (Å²) >= 11 is 0. The summed E-state index contributed by atoms with van der Waals surface area (Å²) in [7, 11) is -5.24. The smallest absolute Gasteiger partial charge is 0.355 e. The number of carboxylic acids is 2. The summed E-state index contributed by atoms with van der Waals surface area (Å²) in [4.78, 5) is 18.8. The van der Waals surface area contributed by atoms with Crippen LogP contribution in [-0.4, -0.2) is 46.7 Å². The molecule has 0 aliphatic carbocycles. The van der Waals surface area contributed by atoms with Gasteiger partial charge in [-0.1, -0.05) is 64.7 Å². The van der Waals surface area contributed by atoms with Crippen molar-refractivity contribution in [2.45, 2.75) is 82.5 Å². The summed E-state index contributed by atoms with van der Waals surface area (Å²) in [6, 6.07) is 0. The van der Waals surface area contributed by atoms with Crippen LogP contribution in [0.25, 0.3) is 0 Å². The molecule has 25 heavy (non-hydrogen) atoms. The van der Waals surface area contributed by atoms with Gasteiger partial charge in [0.25, 0.3) is 0 Å². The summed E-state index contributed by atoms with van der Waals surface area (Å²) in [6.07, 6.45) is 8.92. The third-order valence-corrected chi connectivity index (χ3v) is 5.23. The van der Waals surface area contributed by atoms with Crippen molar-refractivity contribution in [1.29, 1.82) is 0 Å². The van der Waals surface area contributed by atoms with Crippen LogP contribution in [0.15, 0.2) is 0 Å². The zero-order valence-corrected chi connectivity index (χ0v) is 15.6. The van der Waals surface area contributed by atoms with Gasteiger partial charge >= 0.3 is 27.0 Å². The third kappa shape index (κ3) is 9.18. The van der Waals surface area contributed by atoms with E-state index in [9.17, 15) is 18.0 Å².